The fourth-order valence-corrected chi connectivity index (χ4v) is 5.37. The van der Waals surface area contributed by atoms with Crippen molar-refractivity contribution in [3.63, 3.8) is 0 Å². The molecule has 1 aliphatic rings. The zero-order valence-electron chi connectivity index (χ0n) is 21.0. The van der Waals surface area contributed by atoms with Crippen molar-refractivity contribution in [2.45, 2.75) is 65.7 Å². The molecular formula is C27H35F3N4O2. The molecule has 1 saturated carbocycles. The molecule has 0 radical (unpaired) electrons. The summed E-state index contributed by atoms with van der Waals surface area (Å²) in [5.74, 6) is 0.575. The number of halogens is 3. The number of hydrogen-bond donors (Lipinski definition) is 3. The molecule has 2 aromatic rings. The maximum atomic E-state index is 12.4. The van der Waals surface area contributed by atoms with Crippen LogP contribution in [0.2, 0.25) is 0 Å². The van der Waals surface area contributed by atoms with Crippen molar-refractivity contribution < 1.29 is 22.7 Å². The summed E-state index contributed by atoms with van der Waals surface area (Å²) in [7, 11) is 0. The first-order chi connectivity index (χ1) is 16.8. The number of amides is 1. The molecule has 2 atom stereocenters. The Morgan fingerprint density at radius 2 is 1.83 bits per heavy atom. The van der Waals surface area contributed by atoms with Crippen LogP contribution >= 0.6 is 0 Å². The molecule has 0 spiro atoms. The Labute approximate surface area is 210 Å². The molecule has 5 N–H and O–H groups in total. The summed E-state index contributed by atoms with van der Waals surface area (Å²) < 4.78 is 41.1. The average Bonchev–Trinajstić information content (AvgIpc) is 2.72. The predicted molar refractivity (Wildman–Crippen MR) is 136 cm³/mol. The standard InChI is InChI=1S/C27H35F3N4O2/c1-17-12-19(16-26(2,3)15-17)13-20-6-4-18(5-11-24(31)35)14-23(20)34-25(32)33-21-7-9-22(10-8-21)36-27(28,29)30/h4,6-10,14,17,19H,5,11-13,15-16H2,1-3H3,(H2,31,35)(H3,32,33,34)/t17-,19-/m1/s1. The number of aryl methyl sites for hydroxylation is 1. The van der Waals surface area contributed by atoms with Crippen LogP contribution in [0.3, 0.4) is 0 Å². The molecule has 0 aliphatic heterocycles. The summed E-state index contributed by atoms with van der Waals surface area (Å²) in [6, 6.07) is 11.2. The van der Waals surface area contributed by atoms with Gasteiger partial charge in [0, 0.05) is 12.1 Å². The number of hydrogen-bond acceptors (Lipinski definition) is 3. The number of guanidine groups is 1. The van der Waals surface area contributed by atoms with Crippen molar-refractivity contribution in [2.75, 3.05) is 5.32 Å². The van der Waals surface area contributed by atoms with Gasteiger partial charge in [-0.05, 0) is 90.8 Å². The summed E-state index contributed by atoms with van der Waals surface area (Å²) in [4.78, 5) is 15.9. The van der Waals surface area contributed by atoms with E-state index < -0.39 is 6.36 Å². The van der Waals surface area contributed by atoms with E-state index in [1.807, 2.05) is 18.2 Å². The van der Waals surface area contributed by atoms with Gasteiger partial charge < -0.3 is 21.5 Å². The topological polar surface area (TPSA) is 103 Å². The van der Waals surface area contributed by atoms with Gasteiger partial charge in [0.2, 0.25) is 5.91 Å². The molecule has 2 aromatic carbocycles. The third kappa shape index (κ3) is 8.77. The number of nitrogens with two attached hydrogens (primary N) is 2. The summed E-state index contributed by atoms with van der Waals surface area (Å²) in [6.45, 7) is 6.93. The first-order valence-electron chi connectivity index (χ1n) is 12.1. The zero-order chi connectivity index (χ0) is 26.5. The molecule has 0 unspecified atom stereocenters. The van der Waals surface area contributed by atoms with E-state index in [0.717, 1.165) is 30.4 Å². The second kappa shape index (κ2) is 11.2. The van der Waals surface area contributed by atoms with Crippen LogP contribution in [0.15, 0.2) is 47.5 Å². The number of alkyl halides is 3. The van der Waals surface area contributed by atoms with Crippen LogP contribution in [0.5, 0.6) is 5.75 Å². The lowest BCUT2D eigenvalue weighted by Gasteiger charge is -2.39. The Kier molecular flexibility index (Phi) is 8.53. The average molecular weight is 505 g/mol. The number of benzene rings is 2. The molecule has 0 saturated heterocycles. The molecule has 196 valence electrons. The maximum absolute atomic E-state index is 12.4. The largest absolute Gasteiger partial charge is 0.573 e. The van der Waals surface area contributed by atoms with E-state index >= 15 is 0 Å². The number of carbonyl (C=O) groups is 1. The van der Waals surface area contributed by atoms with E-state index in [1.165, 1.54) is 30.7 Å². The van der Waals surface area contributed by atoms with Crippen LogP contribution in [0.4, 0.5) is 24.5 Å². The van der Waals surface area contributed by atoms with Gasteiger partial charge in [0.25, 0.3) is 0 Å². The molecule has 0 aromatic heterocycles. The minimum absolute atomic E-state index is 0.102. The van der Waals surface area contributed by atoms with Gasteiger partial charge in [0.15, 0.2) is 5.96 Å². The molecule has 1 aliphatic carbocycles. The molecule has 36 heavy (non-hydrogen) atoms. The first-order valence-corrected chi connectivity index (χ1v) is 12.1. The highest BCUT2D eigenvalue weighted by molar-refractivity contribution is 5.94. The highest BCUT2D eigenvalue weighted by Gasteiger charge is 2.32. The summed E-state index contributed by atoms with van der Waals surface area (Å²) in [5.41, 5.74) is 14.9. The normalized spacial score (nSPS) is 20.1. The Morgan fingerprint density at radius 1 is 1.14 bits per heavy atom. The van der Waals surface area contributed by atoms with Crippen molar-refractivity contribution in [1.29, 1.82) is 0 Å². The van der Waals surface area contributed by atoms with Gasteiger partial charge >= 0.3 is 6.36 Å². The third-order valence-corrected chi connectivity index (χ3v) is 6.40. The second-order valence-electron chi connectivity index (χ2n) is 10.6. The van der Waals surface area contributed by atoms with Gasteiger partial charge in [0.05, 0.1) is 5.69 Å². The molecular weight excluding hydrogens is 469 g/mol. The van der Waals surface area contributed by atoms with Gasteiger partial charge in [-0.25, -0.2) is 4.99 Å². The maximum Gasteiger partial charge on any atom is 0.573 e. The van der Waals surface area contributed by atoms with Crippen molar-refractivity contribution in [3.05, 3.63) is 53.6 Å². The molecule has 9 heteroatoms. The van der Waals surface area contributed by atoms with Crippen molar-refractivity contribution in [1.82, 2.24) is 0 Å². The minimum Gasteiger partial charge on any atom is -0.406 e. The van der Waals surface area contributed by atoms with E-state index in [2.05, 4.69) is 35.8 Å². The van der Waals surface area contributed by atoms with Crippen LogP contribution in [-0.2, 0) is 17.6 Å². The van der Waals surface area contributed by atoms with Crippen LogP contribution in [0.25, 0.3) is 0 Å². The molecule has 1 fully saturated rings. The Bertz CT molecular complexity index is 1080. The molecule has 0 heterocycles. The summed E-state index contributed by atoms with van der Waals surface area (Å²) >= 11 is 0. The third-order valence-electron chi connectivity index (χ3n) is 6.40. The summed E-state index contributed by atoms with van der Waals surface area (Å²) in [6.07, 6.45) is 0.330. The van der Waals surface area contributed by atoms with Crippen LogP contribution in [0, 0.1) is 17.3 Å². The van der Waals surface area contributed by atoms with Crippen molar-refractivity contribution in [3.8, 4) is 5.75 Å². The van der Waals surface area contributed by atoms with Crippen LogP contribution in [-0.4, -0.2) is 18.2 Å². The second-order valence-corrected chi connectivity index (χ2v) is 10.6. The Balaban J connectivity index is 1.81. The Hall–Kier alpha value is -3.23. The number of nitrogens with one attached hydrogen (secondary N) is 1. The number of carbonyl (C=O) groups excluding carboxylic acids is 1. The number of aliphatic imine (C=N–C) groups is 1. The number of primary amides is 1. The van der Waals surface area contributed by atoms with E-state index in [4.69, 9.17) is 11.5 Å². The monoisotopic (exact) mass is 504 g/mol. The van der Waals surface area contributed by atoms with Crippen molar-refractivity contribution in [2.24, 2.45) is 33.7 Å². The molecule has 6 nitrogen and oxygen atoms in total. The van der Waals surface area contributed by atoms with Gasteiger partial charge in [-0.2, -0.15) is 0 Å². The highest BCUT2D eigenvalue weighted by Crippen LogP contribution is 2.43. The van der Waals surface area contributed by atoms with E-state index in [0.29, 0.717) is 29.6 Å². The fraction of sp³-hybridized carbons (Fsp3) is 0.481. The lowest BCUT2D eigenvalue weighted by Crippen LogP contribution is -2.28. The molecule has 3 rings (SSSR count). The first kappa shape index (κ1) is 27.4. The van der Waals surface area contributed by atoms with Gasteiger partial charge in [-0.15, -0.1) is 13.2 Å². The quantitative estimate of drug-likeness (QED) is 0.300. The molecule has 1 amide bonds. The lowest BCUT2D eigenvalue weighted by molar-refractivity contribution is -0.274. The van der Waals surface area contributed by atoms with Crippen LogP contribution < -0.4 is 21.5 Å². The summed E-state index contributed by atoms with van der Waals surface area (Å²) in [5, 5.41) is 2.92. The van der Waals surface area contributed by atoms with E-state index in [-0.39, 0.29) is 29.5 Å². The zero-order valence-corrected chi connectivity index (χ0v) is 21.0. The number of rotatable bonds is 8. The molecule has 0 bridgehead atoms. The predicted octanol–water partition coefficient (Wildman–Crippen LogP) is 6.07. The highest BCUT2D eigenvalue weighted by atomic mass is 19.4. The van der Waals surface area contributed by atoms with Gasteiger partial charge in [-0.3, -0.25) is 4.79 Å². The number of anilines is 1. The van der Waals surface area contributed by atoms with Gasteiger partial charge in [-0.1, -0.05) is 32.9 Å². The SMILES string of the molecule is C[C@@H]1C[C@H](Cc2ccc(CCC(N)=O)cc2N=C(N)Nc2ccc(OC(F)(F)F)cc2)CC(C)(C)C1. The fourth-order valence-electron chi connectivity index (χ4n) is 5.37. The minimum atomic E-state index is -4.75. The van der Waals surface area contributed by atoms with Gasteiger partial charge in [0.1, 0.15) is 5.75 Å². The number of nitrogens with zero attached hydrogens (tertiary/aromatic N) is 1. The number of ether oxygens (including phenoxy) is 1. The lowest BCUT2D eigenvalue weighted by atomic mass is 9.66. The van der Waals surface area contributed by atoms with Crippen molar-refractivity contribution >= 4 is 23.2 Å². The van der Waals surface area contributed by atoms with E-state index in [1.54, 1.807) is 0 Å². The van der Waals surface area contributed by atoms with E-state index in [9.17, 15) is 18.0 Å². The smallest absolute Gasteiger partial charge is 0.406 e. The van der Waals surface area contributed by atoms with Crippen LogP contribution in [0.1, 0.15) is 57.6 Å². The Morgan fingerprint density at radius 3 is 2.44 bits per heavy atom.